The maximum absolute atomic E-state index is 14.2. The van der Waals surface area contributed by atoms with Crippen molar-refractivity contribution < 1.29 is 26.9 Å². The van der Waals surface area contributed by atoms with E-state index in [1.165, 1.54) is 19.9 Å². The van der Waals surface area contributed by atoms with Gasteiger partial charge >= 0.3 is 6.18 Å². The summed E-state index contributed by atoms with van der Waals surface area (Å²) < 4.78 is 67.5. The fourth-order valence-corrected chi connectivity index (χ4v) is 5.09. The van der Waals surface area contributed by atoms with Crippen molar-refractivity contribution in [1.29, 1.82) is 0 Å². The Morgan fingerprint density at radius 1 is 1.30 bits per heavy atom. The van der Waals surface area contributed by atoms with Crippen LogP contribution >= 0.6 is 11.3 Å². The molecule has 0 aromatic carbocycles. The molecular formula is C17H18F4N2O2S2. The molecule has 0 amide bonds. The summed E-state index contributed by atoms with van der Waals surface area (Å²) in [6.07, 6.45) is -3.68. The maximum atomic E-state index is 14.2. The van der Waals surface area contributed by atoms with Gasteiger partial charge in [0.05, 0.1) is 23.4 Å². The molecule has 0 aliphatic heterocycles. The Kier molecular flexibility index (Phi) is 5.35. The van der Waals surface area contributed by atoms with Crippen molar-refractivity contribution in [1.82, 2.24) is 4.98 Å². The van der Waals surface area contributed by atoms with Crippen LogP contribution in [0.25, 0.3) is 0 Å². The van der Waals surface area contributed by atoms with E-state index in [2.05, 4.69) is 9.71 Å². The van der Waals surface area contributed by atoms with Crippen LogP contribution in [-0.4, -0.2) is 20.5 Å². The highest BCUT2D eigenvalue weighted by Gasteiger charge is 2.31. The van der Waals surface area contributed by atoms with Crippen LogP contribution in [0.2, 0.25) is 0 Å². The summed E-state index contributed by atoms with van der Waals surface area (Å²) in [5.74, 6) is -0.732. The Balaban J connectivity index is 1.91. The van der Waals surface area contributed by atoms with Crippen molar-refractivity contribution in [3.8, 4) is 0 Å². The second-order valence-electron chi connectivity index (χ2n) is 6.91. The van der Waals surface area contributed by atoms with E-state index in [0.717, 1.165) is 23.8 Å². The monoisotopic (exact) mass is 422 g/mol. The number of nitrogens with zero attached hydrogens (tertiary/aromatic N) is 1. The number of aliphatic hydroxyl groups is 1. The summed E-state index contributed by atoms with van der Waals surface area (Å²) in [5, 5.41) is 9.98. The van der Waals surface area contributed by atoms with E-state index in [-0.39, 0.29) is 15.6 Å². The minimum Gasteiger partial charge on any atom is -0.385 e. The van der Waals surface area contributed by atoms with E-state index < -0.39 is 35.0 Å². The molecule has 4 nitrogen and oxygen atoms in total. The number of aromatic nitrogens is 1. The second kappa shape index (κ2) is 7.14. The molecule has 10 heteroatoms. The molecule has 2 aromatic rings. The minimum atomic E-state index is -4.41. The fraction of sp³-hybridized carbons (Fsp3) is 0.471. The van der Waals surface area contributed by atoms with Gasteiger partial charge in [-0.25, -0.2) is 8.60 Å². The number of hydrogen-bond acceptors (Lipinski definition) is 4. The number of alkyl halides is 3. The first-order valence-electron chi connectivity index (χ1n) is 8.23. The number of rotatable bonds is 5. The van der Waals surface area contributed by atoms with Gasteiger partial charge in [0.1, 0.15) is 4.21 Å². The largest absolute Gasteiger partial charge is 0.394 e. The molecule has 1 aliphatic carbocycles. The highest BCUT2D eigenvalue weighted by atomic mass is 32.2. The fourth-order valence-electron chi connectivity index (χ4n) is 2.91. The van der Waals surface area contributed by atoms with Gasteiger partial charge in [-0.3, -0.25) is 9.71 Å². The summed E-state index contributed by atoms with van der Waals surface area (Å²) in [6, 6.07) is 2.35. The predicted octanol–water partition coefficient (Wildman–Crippen LogP) is 4.24. The molecule has 1 aliphatic rings. The third kappa shape index (κ3) is 4.67. The smallest absolute Gasteiger partial charge is 0.385 e. The van der Waals surface area contributed by atoms with Gasteiger partial charge in [0.25, 0.3) is 0 Å². The van der Waals surface area contributed by atoms with Crippen LogP contribution < -0.4 is 4.72 Å². The molecule has 27 heavy (non-hydrogen) atoms. The highest BCUT2D eigenvalue weighted by molar-refractivity contribution is 7.88. The average Bonchev–Trinajstić information content (AvgIpc) is 3.11. The zero-order valence-corrected chi connectivity index (χ0v) is 16.2. The molecular weight excluding hydrogens is 404 g/mol. The molecule has 0 fully saturated rings. The van der Waals surface area contributed by atoms with Gasteiger partial charge in [0.15, 0.2) is 16.8 Å². The number of thiophene rings is 1. The minimum absolute atomic E-state index is 0.118. The van der Waals surface area contributed by atoms with E-state index in [9.17, 15) is 26.9 Å². The van der Waals surface area contributed by atoms with E-state index >= 15 is 0 Å². The SMILES string of the molecule is CC(C)(O)c1cc(F)c(S(=O)Nc2cc(CC(F)(F)F)nc3c2CCC3)s1. The molecule has 0 saturated carbocycles. The Bertz CT molecular complexity index is 888. The Morgan fingerprint density at radius 2 is 2.00 bits per heavy atom. The van der Waals surface area contributed by atoms with Gasteiger partial charge in [0, 0.05) is 10.6 Å². The first-order chi connectivity index (χ1) is 12.4. The Morgan fingerprint density at radius 3 is 2.59 bits per heavy atom. The standard InChI is InChI=1S/C17H18F4N2O2S2/c1-16(2,24)14-7-11(18)15(26-14)27(25)23-13-6-9(8-17(19,20)21)22-12-5-3-4-10(12)13/h6-7,24H,3-5,8H2,1-2H3,(H,22,23). The first kappa shape index (κ1) is 20.2. The van der Waals surface area contributed by atoms with Crippen LogP contribution in [0.5, 0.6) is 0 Å². The van der Waals surface area contributed by atoms with Crippen LogP contribution in [0.1, 0.15) is 42.1 Å². The van der Waals surface area contributed by atoms with Gasteiger partial charge < -0.3 is 5.11 Å². The normalized spacial score (nSPS) is 15.7. The maximum Gasteiger partial charge on any atom is 0.394 e. The number of hydrogen-bond donors (Lipinski definition) is 2. The summed E-state index contributed by atoms with van der Waals surface area (Å²) in [5.41, 5.74) is 0.111. The second-order valence-corrected chi connectivity index (χ2v) is 9.37. The van der Waals surface area contributed by atoms with Crippen molar-refractivity contribution in [2.75, 3.05) is 4.72 Å². The van der Waals surface area contributed by atoms with Gasteiger partial charge in [-0.1, -0.05) is 0 Å². The molecule has 2 heterocycles. The third-order valence-electron chi connectivity index (χ3n) is 4.11. The Hall–Kier alpha value is -1.52. The molecule has 0 spiro atoms. The van der Waals surface area contributed by atoms with Crippen LogP contribution in [0.4, 0.5) is 23.2 Å². The molecule has 148 valence electrons. The number of pyridine rings is 1. The van der Waals surface area contributed by atoms with Crippen molar-refractivity contribution >= 4 is 28.0 Å². The number of halogens is 4. The third-order valence-corrected chi connectivity index (χ3v) is 6.97. The average molecular weight is 422 g/mol. The van der Waals surface area contributed by atoms with Gasteiger partial charge in [-0.2, -0.15) is 13.2 Å². The molecule has 2 aromatic heterocycles. The lowest BCUT2D eigenvalue weighted by atomic mass is 10.1. The molecule has 3 rings (SSSR count). The van der Waals surface area contributed by atoms with Crippen molar-refractivity contribution in [3.63, 3.8) is 0 Å². The van der Waals surface area contributed by atoms with E-state index in [4.69, 9.17) is 0 Å². The van der Waals surface area contributed by atoms with Gasteiger partial charge in [-0.15, -0.1) is 11.3 Å². The van der Waals surface area contributed by atoms with Crippen molar-refractivity contribution in [2.24, 2.45) is 0 Å². The van der Waals surface area contributed by atoms with E-state index in [0.29, 0.717) is 29.0 Å². The summed E-state index contributed by atoms with van der Waals surface area (Å²) >= 11 is 0.858. The molecule has 1 atom stereocenters. The quantitative estimate of drug-likeness (QED) is 0.709. The molecule has 0 saturated heterocycles. The lowest BCUT2D eigenvalue weighted by molar-refractivity contribution is -0.127. The number of nitrogens with one attached hydrogen (secondary N) is 1. The van der Waals surface area contributed by atoms with E-state index in [1.807, 2.05) is 0 Å². The molecule has 1 unspecified atom stereocenters. The number of anilines is 1. The number of aryl methyl sites for hydroxylation is 1. The lowest BCUT2D eigenvalue weighted by Crippen LogP contribution is -2.15. The van der Waals surface area contributed by atoms with Crippen LogP contribution in [0.3, 0.4) is 0 Å². The molecule has 2 N–H and O–H groups in total. The van der Waals surface area contributed by atoms with Crippen molar-refractivity contribution in [2.45, 2.75) is 55.5 Å². The van der Waals surface area contributed by atoms with Gasteiger partial charge in [0.2, 0.25) is 0 Å². The summed E-state index contributed by atoms with van der Waals surface area (Å²) in [7, 11) is -2.01. The van der Waals surface area contributed by atoms with Crippen LogP contribution in [0, 0.1) is 5.82 Å². The van der Waals surface area contributed by atoms with Crippen LogP contribution in [-0.2, 0) is 35.8 Å². The zero-order valence-electron chi connectivity index (χ0n) is 14.6. The van der Waals surface area contributed by atoms with E-state index in [1.54, 1.807) is 0 Å². The first-order valence-corrected chi connectivity index (χ1v) is 10.2. The van der Waals surface area contributed by atoms with Crippen molar-refractivity contribution in [3.05, 3.63) is 39.8 Å². The van der Waals surface area contributed by atoms with Crippen LogP contribution in [0.15, 0.2) is 16.3 Å². The predicted molar refractivity (Wildman–Crippen MR) is 95.6 cm³/mol. The zero-order chi connectivity index (χ0) is 20.0. The number of fused-ring (bicyclic) bond motifs is 1. The Labute approximate surface area is 160 Å². The molecule has 0 bridgehead atoms. The summed E-state index contributed by atoms with van der Waals surface area (Å²) in [4.78, 5) is 4.38. The highest BCUT2D eigenvalue weighted by Crippen LogP contribution is 2.35. The molecule has 0 radical (unpaired) electrons. The topological polar surface area (TPSA) is 62.2 Å². The lowest BCUT2D eigenvalue weighted by Gasteiger charge is -2.14. The summed E-state index contributed by atoms with van der Waals surface area (Å²) in [6.45, 7) is 2.97. The van der Waals surface area contributed by atoms with Gasteiger partial charge in [-0.05, 0) is 50.8 Å².